The second-order valence-electron chi connectivity index (χ2n) is 9.56. The van der Waals surface area contributed by atoms with Gasteiger partial charge in [0.15, 0.2) is 5.65 Å². The number of aromatic nitrogens is 4. The molecule has 9 nitrogen and oxygen atoms in total. The van der Waals surface area contributed by atoms with Crippen molar-refractivity contribution in [3.63, 3.8) is 0 Å². The number of fused-ring (bicyclic) bond motifs is 1. The number of rotatable bonds is 2. The molecule has 1 spiro atoms. The average molecular weight is 490 g/mol. The molecule has 2 aliphatic heterocycles. The number of carbonyl (C=O) groups excluding carboxylic acids is 1. The highest BCUT2D eigenvalue weighted by molar-refractivity contribution is 5.90. The standard InChI is InChI=1S/C23H26F3N7O2/c1-14-10-22(4-7-32(8-5-22)18-11-28-19-16(29-18)3-6-27-19)33(12-14)21(35)30-17-9-15(23(24,25)26)13-31(2)20(17)34/h3,6,9,11,13-14H,4-5,7-8,10,12H2,1-2H3,(H,27,28)(H,30,35). The number of H-pyrrole nitrogens is 1. The van der Waals surface area contributed by atoms with Crippen LogP contribution < -0.4 is 15.8 Å². The van der Waals surface area contributed by atoms with Gasteiger partial charge in [-0.2, -0.15) is 13.2 Å². The van der Waals surface area contributed by atoms with Crippen LogP contribution in [0.4, 0.5) is 29.5 Å². The molecule has 2 fully saturated rings. The van der Waals surface area contributed by atoms with Crippen molar-refractivity contribution in [1.29, 1.82) is 0 Å². The number of anilines is 2. The van der Waals surface area contributed by atoms with Crippen LogP contribution in [0.2, 0.25) is 0 Å². The second-order valence-corrected chi connectivity index (χ2v) is 9.56. The fourth-order valence-electron chi connectivity index (χ4n) is 5.37. The summed E-state index contributed by atoms with van der Waals surface area (Å²) in [5.41, 5.74) is -1.00. The van der Waals surface area contributed by atoms with Crippen LogP contribution in [-0.4, -0.2) is 55.6 Å². The van der Waals surface area contributed by atoms with E-state index in [4.69, 9.17) is 0 Å². The van der Waals surface area contributed by atoms with Crippen molar-refractivity contribution in [3.05, 3.63) is 46.6 Å². The Morgan fingerprint density at radius 2 is 2.03 bits per heavy atom. The zero-order valence-corrected chi connectivity index (χ0v) is 19.4. The summed E-state index contributed by atoms with van der Waals surface area (Å²) in [6.45, 7) is 3.84. The number of pyridine rings is 1. The summed E-state index contributed by atoms with van der Waals surface area (Å²) in [5, 5.41) is 2.47. The molecule has 0 saturated carbocycles. The van der Waals surface area contributed by atoms with E-state index >= 15 is 0 Å². The summed E-state index contributed by atoms with van der Waals surface area (Å²) >= 11 is 0. The third kappa shape index (κ3) is 4.21. The number of amides is 2. The van der Waals surface area contributed by atoms with Gasteiger partial charge in [0.2, 0.25) is 0 Å². The van der Waals surface area contributed by atoms with E-state index in [1.165, 1.54) is 7.05 Å². The van der Waals surface area contributed by atoms with Crippen molar-refractivity contribution in [2.75, 3.05) is 29.9 Å². The Balaban J connectivity index is 1.34. The Morgan fingerprint density at radius 3 is 2.74 bits per heavy atom. The topological polar surface area (TPSA) is 99.1 Å². The Bertz CT molecular complexity index is 1320. The Kier molecular flexibility index (Phi) is 5.48. The number of urea groups is 1. The van der Waals surface area contributed by atoms with Gasteiger partial charge in [0.25, 0.3) is 5.56 Å². The molecule has 0 aromatic carbocycles. The van der Waals surface area contributed by atoms with Gasteiger partial charge in [-0.3, -0.25) is 4.79 Å². The molecule has 2 saturated heterocycles. The SMILES string of the molecule is CC1CN(C(=O)Nc2cc(C(F)(F)F)cn(C)c2=O)C2(CCN(c3cnc4[nH]ccc4n3)CC2)C1. The van der Waals surface area contributed by atoms with Crippen LogP contribution >= 0.6 is 0 Å². The molecule has 0 bridgehead atoms. The zero-order valence-electron chi connectivity index (χ0n) is 19.4. The predicted octanol–water partition coefficient (Wildman–Crippen LogP) is 3.59. The van der Waals surface area contributed by atoms with Gasteiger partial charge in [-0.15, -0.1) is 0 Å². The number of carbonyl (C=O) groups is 1. The number of piperidine rings is 1. The lowest BCUT2D eigenvalue weighted by atomic mass is 9.83. The maximum absolute atomic E-state index is 13.3. The fourth-order valence-corrected chi connectivity index (χ4v) is 5.37. The van der Waals surface area contributed by atoms with Crippen LogP contribution in [0.1, 0.15) is 31.7 Å². The molecule has 3 aromatic heterocycles. The first kappa shape index (κ1) is 23.2. The number of likely N-dealkylation sites (tertiary alicyclic amines) is 1. The molecule has 0 aliphatic carbocycles. The minimum atomic E-state index is -4.63. The van der Waals surface area contributed by atoms with E-state index in [0.717, 1.165) is 34.2 Å². The van der Waals surface area contributed by atoms with Gasteiger partial charge in [0.1, 0.15) is 17.0 Å². The van der Waals surface area contributed by atoms with E-state index < -0.39 is 28.9 Å². The largest absolute Gasteiger partial charge is 0.417 e. The third-order valence-electron chi connectivity index (χ3n) is 7.06. The molecule has 5 heterocycles. The number of nitrogens with one attached hydrogen (secondary N) is 2. The van der Waals surface area contributed by atoms with Crippen molar-refractivity contribution in [2.45, 2.75) is 37.9 Å². The van der Waals surface area contributed by atoms with Crippen molar-refractivity contribution in [2.24, 2.45) is 13.0 Å². The Hall–Kier alpha value is -3.57. The Morgan fingerprint density at radius 1 is 1.29 bits per heavy atom. The lowest BCUT2D eigenvalue weighted by molar-refractivity contribution is -0.138. The van der Waals surface area contributed by atoms with Gasteiger partial charge >= 0.3 is 12.2 Å². The van der Waals surface area contributed by atoms with E-state index in [-0.39, 0.29) is 11.6 Å². The summed E-state index contributed by atoms with van der Waals surface area (Å²) in [6.07, 6.45) is 1.75. The molecule has 1 atom stereocenters. The van der Waals surface area contributed by atoms with E-state index in [0.29, 0.717) is 38.5 Å². The zero-order chi connectivity index (χ0) is 25.0. The first-order valence-electron chi connectivity index (χ1n) is 11.5. The maximum Gasteiger partial charge on any atom is 0.417 e. The minimum absolute atomic E-state index is 0.229. The normalized spacial score (nSPS) is 20.1. The summed E-state index contributed by atoms with van der Waals surface area (Å²) < 4.78 is 40.6. The molecule has 2 aliphatic rings. The van der Waals surface area contributed by atoms with Crippen molar-refractivity contribution < 1.29 is 18.0 Å². The molecular formula is C23H26F3N7O2. The van der Waals surface area contributed by atoms with Crippen molar-refractivity contribution in [1.82, 2.24) is 24.4 Å². The monoisotopic (exact) mass is 489 g/mol. The van der Waals surface area contributed by atoms with Crippen LogP contribution in [0, 0.1) is 5.92 Å². The number of hydrogen-bond donors (Lipinski definition) is 2. The molecule has 2 N–H and O–H groups in total. The molecular weight excluding hydrogens is 463 g/mol. The number of hydrogen-bond acceptors (Lipinski definition) is 5. The van der Waals surface area contributed by atoms with Crippen LogP contribution in [0.25, 0.3) is 11.2 Å². The highest BCUT2D eigenvalue weighted by Crippen LogP contribution is 2.42. The average Bonchev–Trinajstić information content (AvgIpc) is 3.40. The summed E-state index contributed by atoms with van der Waals surface area (Å²) in [6, 6.07) is 2.01. The lowest BCUT2D eigenvalue weighted by Crippen LogP contribution is -2.55. The van der Waals surface area contributed by atoms with E-state index in [1.807, 2.05) is 6.07 Å². The number of halogens is 3. The molecule has 186 valence electrons. The molecule has 3 aromatic rings. The number of alkyl halides is 3. The van der Waals surface area contributed by atoms with E-state index in [1.54, 1.807) is 17.3 Å². The van der Waals surface area contributed by atoms with Crippen molar-refractivity contribution >= 4 is 28.7 Å². The van der Waals surface area contributed by atoms with Crippen LogP contribution in [0.5, 0.6) is 0 Å². The van der Waals surface area contributed by atoms with Gasteiger partial charge in [0.05, 0.1) is 11.8 Å². The van der Waals surface area contributed by atoms with Gasteiger partial charge in [-0.25, -0.2) is 14.8 Å². The molecule has 1 unspecified atom stereocenters. The third-order valence-corrected chi connectivity index (χ3v) is 7.06. The molecule has 5 rings (SSSR count). The van der Waals surface area contributed by atoms with Crippen molar-refractivity contribution in [3.8, 4) is 0 Å². The van der Waals surface area contributed by atoms with E-state index in [2.05, 4.69) is 32.1 Å². The highest BCUT2D eigenvalue weighted by Gasteiger charge is 2.48. The minimum Gasteiger partial charge on any atom is -0.355 e. The van der Waals surface area contributed by atoms with Gasteiger partial charge < -0.3 is 24.7 Å². The fraction of sp³-hybridized carbons (Fsp3) is 0.478. The summed E-state index contributed by atoms with van der Waals surface area (Å²) in [7, 11) is 1.23. The second kappa shape index (κ2) is 8.28. The molecule has 35 heavy (non-hydrogen) atoms. The van der Waals surface area contributed by atoms with Gasteiger partial charge in [-0.05, 0) is 37.3 Å². The Labute approximate surface area is 199 Å². The quantitative estimate of drug-likeness (QED) is 0.573. The predicted molar refractivity (Wildman–Crippen MR) is 124 cm³/mol. The molecule has 0 radical (unpaired) electrons. The maximum atomic E-state index is 13.3. The molecule has 12 heteroatoms. The summed E-state index contributed by atoms with van der Waals surface area (Å²) in [5.74, 6) is 0.995. The first-order valence-corrected chi connectivity index (χ1v) is 11.5. The number of aromatic amines is 1. The smallest absolute Gasteiger partial charge is 0.355 e. The van der Waals surface area contributed by atoms with Gasteiger partial charge in [0, 0.05) is 44.6 Å². The van der Waals surface area contributed by atoms with Crippen LogP contribution in [-0.2, 0) is 13.2 Å². The lowest BCUT2D eigenvalue weighted by Gasteiger charge is -2.45. The number of nitrogens with zero attached hydrogens (tertiary/aromatic N) is 5. The number of aryl methyl sites for hydroxylation is 1. The summed E-state index contributed by atoms with van der Waals surface area (Å²) in [4.78, 5) is 41.6. The van der Waals surface area contributed by atoms with E-state index in [9.17, 15) is 22.8 Å². The van der Waals surface area contributed by atoms with Crippen LogP contribution in [0.15, 0.2) is 35.5 Å². The van der Waals surface area contributed by atoms with Crippen LogP contribution in [0.3, 0.4) is 0 Å². The highest BCUT2D eigenvalue weighted by atomic mass is 19.4. The molecule has 2 amide bonds. The first-order chi connectivity index (χ1) is 16.6. The van der Waals surface area contributed by atoms with Gasteiger partial charge in [-0.1, -0.05) is 6.92 Å².